The summed E-state index contributed by atoms with van der Waals surface area (Å²) >= 11 is 0. The molecule has 0 aliphatic heterocycles. The largest absolute Gasteiger partial charge is 0.355 e. The molecule has 0 saturated heterocycles. The first-order valence-electron chi connectivity index (χ1n) is 4.96. The van der Waals surface area contributed by atoms with Gasteiger partial charge in [0, 0.05) is 38.4 Å². The summed E-state index contributed by atoms with van der Waals surface area (Å²) in [6.07, 6.45) is 8.32. The van der Waals surface area contributed by atoms with E-state index in [-0.39, 0.29) is 0 Å². The van der Waals surface area contributed by atoms with E-state index in [1.165, 1.54) is 5.56 Å². The van der Waals surface area contributed by atoms with Gasteiger partial charge in [-0.1, -0.05) is 0 Å². The van der Waals surface area contributed by atoms with E-state index >= 15 is 0 Å². The molecule has 0 spiro atoms. The first kappa shape index (κ1) is 9.71. The number of aryl methyl sites for hydroxylation is 1. The van der Waals surface area contributed by atoms with E-state index in [1.54, 1.807) is 6.20 Å². The van der Waals surface area contributed by atoms with Crippen LogP contribution in [0.15, 0.2) is 36.9 Å². The number of hydrogen-bond donors (Lipinski definition) is 1. The number of pyridine rings is 1. The third-order valence-corrected chi connectivity index (χ3v) is 2.27. The number of hydrogen-bond acceptors (Lipinski definition) is 3. The molecule has 1 N–H and O–H groups in total. The van der Waals surface area contributed by atoms with Crippen LogP contribution < -0.4 is 5.32 Å². The second kappa shape index (κ2) is 4.59. The van der Waals surface area contributed by atoms with Gasteiger partial charge in [-0.05, 0) is 24.1 Å². The Kier molecular flexibility index (Phi) is 2.97. The Morgan fingerprint density at radius 1 is 1.27 bits per heavy atom. The number of aromatic nitrogens is 3. The lowest BCUT2D eigenvalue weighted by atomic mass is 10.2. The van der Waals surface area contributed by atoms with Crippen LogP contribution in [0.25, 0.3) is 0 Å². The zero-order valence-electron chi connectivity index (χ0n) is 8.72. The molecule has 0 radical (unpaired) electrons. The van der Waals surface area contributed by atoms with Crippen LogP contribution in [-0.4, -0.2) is 21.1 Å². The van der Waals surface area contributed by atoms with Crippen LogP contribution in [-0.2, 0) is 13.5 Å². The summed E-state index contributed by atoms with van der Waals surface area (Å²) in [7, 11) is 1.97. The molecule has 0 aliphatic carbocycles. The fourth-order valence-corrected chi connectivity index (χ4v) is 1.40. The maximum Gasteiger partial charge on any atom is 0.202 e. The Labute approximate surface area is 89.0 Å². The lowest BCUT2D eigenvalue weighted by molar-refractivity contribution is 0.889. The van der Waals surface area contributed by atoms with Gasteiger partial charge in [-0.15, -0.1) is 0 Å². The zero-order valence-corrected chi connectivity index (χ0v) is 8.72. The third-order valence-electron chi connectivity index (χ3n) is 2.27. The molecule has 0 amide bonds. The van der Waals surface area contributed by atoms with E-state index in [1.807, 2.05) is 42.3 Å². The Balaban J connectivity index is 1.83. The van der Waals surface area contributed by atoms with Crippen LogP contribution in [0.4, 0.5) is 5.95 Å². The number of anilines is 1. The van der Waals surface area contributed by atoms with E-state index in [4.69, 9.17) is 0 Å². The lowest BCUT2D eigenvalue weighted by Gasteiger charge is -2.05. The summed E-state index contributed by atoms with van der Waals surface area (Å²) in [5.74, 6) is 0.907. The van der Waals surface area contributed by atoms with E-state index in [9.17, 15) is 0 Å². The average Bonchev–Trinajstić information content (AvgIpc) is 2.66. The summed E-state index contributed by atoms with van der Waals surface area (Å²) in [5.41, 5.74) is 1.28. The van der Waals surface area contributed by atoms with Gasteiger partial charge in [0.15, 0.2) is 0 Å². The lowest BCUT2D eigenvalue weighted by Crippen LogP contribution is -2.08. The van der Waals surface area contributed by atoms with Crippen molar-refractivity contribution in [3.63, 3.8) is 0 Å². The van der Waals surface area contributed by atoms with E-state index in [0.29, 0.717) is 0 Å². The van der Waals surface area contributed by atoms with Crippen molar-refractivity contribution in [2.24, 2.45) is 7.05 Å². The molecular formula is C11H14N4. The first-order valence-corrected chi connectivity index (χ1v) is 4.96. The summed E-state index contributed by atoms with van der Waals surface area (Å²) in [5, 5.41) is 3.27. The molecule has 0 saturated carbocycles. The molecule has 2 heterocycles. The average molecular weight is 202 g/mol. The van der Waals surface area contributed by atoms with Gasteiger partial charge in [0.25, 0.3) is 0 Å². The molecule has 2 aromatic rings. The zero-order chi connectivity index (χ0) is 10.5. The molecule has 0 fully saturated rings. The molecule has 2 rings (SSSR count). The molecular weight excluding hydrogens is 188 g/mol. The van der Waals surface area contributed by atoms with Crippen molar-refractivity contribution in [1.82, 2.24) is 14.5 Å². The van der Waals surface area contributed by atoms with Gasteiger partial charge in [0.1, 0.15) is 0 Å². The van der Waals surface area contributed by atoms with Gasteiger partial charge in [0.05, 0.1) is 0 Å². The molecule has 15 heavy (non-hydrogen) atoms. The summed E-state index contributed by atoms with van der Waals surface area (Å²) in [6, 6.07) is 4.06. The van der Waals surface area contributed by atoms with Crippen LogP contribution in [0.2, 0.25) is 0 Å². The van der Waals surface area contributed by atoms with Crippen molar-refractivity contribution in [1.29, 1.82) is 0 Å². The maximum atomic E-state index is 4.19. The minimum atomic E-state index is 0.884. The monoisotopic (exact) mass is 202 g/mol. The number of nitrogens with one attached hydrogen (secondary N) is 1. The fourth-order valence-electron chi connectivity index (χ4n) is 1.40. The summed E-state index contributed by atoms with van der Waals surface area (Å²) in [6.45, 7) is 0.884. The Morgan fingerprint density at radius 3 is 2.73 bits per heavy atom. The number of nitrogens with zero attached hydrogens (tertiary/aromatic N) is 3. The van der Waals surface area contributed by atoms with Crippen molar-refractivity contribution in [3.8, 4) is 0 Å². The highest BCUT2D eigenvalue weighted by Crippen LogP contribution is 2.02. The standard InChI is InChI=1S/C11H14N4/c1-15-9-8-14-11(15)13-7-4-10-2-5-12-6-3-10/h2-3,5-6,8-9H,4,7H2,1H3,(H,13,14). The van der Waals surface area contributed by atoms with Crippen molar-refractivity contribution < 1.29 is 0 Å². The molecule has 4 heteroatoms. The molecule has 0 unspecified atom stereocenters. The van der Waals surface area contributed by atoms with Gasteiger partial charge >= 0.3 is 0 Å². The topological polar surface area (TPSA) is 42.7 Å². The molecule has 4 nitrogen and oxygen atoms in total. The van der Waals surface area contributed by atoms with E-state index in [2.05, 4.69) is 15.3 Å². The summed E-state index contributed by atoms with van der Waals surface area (Å²) in [4.78, 5) is 8.17. The minimum absolute atomic E-state index is 0.884. The fraction of sp³-hybridized carbons (Fsp3) is 0.273. The molecule has 0 aliphatic rings. The predicted molar refractivity (Wildman–Crippen MR) is 59.6 cm³/mol. The Morgan fingerprint density at radius 2 is 2.07 bits per heavy atom. The third kappa shape index (κ3) is 2.56. The molecule has 0 bridgehead atoms. The van der Waals surface area contributed by atoms with Gasteiger partial charge in [-0.25, -0.2) is 4.98 Å². The highest BCUT2D eigenvalue weighted by atomic mass is 15.2. The van der Waals surface area contributed by atoms with E-state index in [0.717, 1.165) is 18.9 Å². The van der Waals surface area contributed by atoms with Gasteiger partial charge < -0.3 is 9.88 Å². The number of rotatable bonds is 4. The van der Waals surface area contributed by atoms with Crippen LogP contribution in [0.1, 0.15) is 5.56 Å². The van der Waals surface area contributed by atoms with Crippen molar-refractivity contribution in [2.75, 3.05) is 11.9 Å². The van der Waals surface area contributed by atoms with Crippen LogP contribution in [0, 0.1) is 0 Å². The molecule has 2 aromatic heterocycles. The Hall–Kier alpha value is -1.84. The molecule has 0 atom stereocenters. The van der Waals surface area contributed by atoms with Crippen molar-refractivity contribution >= 4 is 5.95 Å². The SMILES string of the molecule is Cn1ccnc1NCCc1ccncc1. The van der Waals surface area contributed by atoms with Gasteiger partial charge in [0.2, 0.25) is 5.95 Å². The normalized spacial score (nSPS) is 10.2. The highest BCUT2D eigenvalue weighted by Gasteiger charge is 1.97. The maximum absolute atomic E-state index is 4.19. The highest BCUT2D eigenvalue weighted by molar-refractivity contribution is 5.25. The Bertz CT molecular complexity index is 408. The van der Waals surface area contributed by atoms with Crippen molar-refractivity contribution in [3.05, 3.63) is 42.5 Å². The molecule has 78 valence electrons. The van der Waals surface area contributed by atoms with Gasteiger partial charge in [-0.3, -0.25) is 4.98 Å². The van der Waals surface area contributed by atoms with E-state index < -0.39 is 0 Å². The first-order chi connectivity index (χ1) is 7.36. The predicted octanol–water partition coefficient (Wildman–Crippen LogP) is 1.47. The summed E-state index contributed by atoms with van der Waals surface area (Å²) < 4.78 is 1.96. The smallest absolute Gasteiger partial charge is 0.202 e. The van der Waals surface area contributed by atoms with Crippen LogP contribution in [0.5, 0.6) is 0 Å². The number of imidazole rings is 1. The van der Waals surface area contributed by atoms with Crippen LogP contribution >= 0.6 is 0 Å². The van der Waals surface area contributed by atoms with Crippen LogP contribution in [0.3, 0.4) is 0 Å². The molecule has 0 aromatic carbocycles. The minimum Gasteiger partial charge on any atom is -0.355 e. The second-order valence-corrected chi connectivity index (χ2v) is 3.39. The van der Waals surface area contributed by atoms with Gasteiger partial charge in [-0.2, -0.15) is 0 Å². The second-order valence-electron chi connectivity index (χ2n) is 3.39. The van der Waals surface area contributed by atoms with Crippen molar-refractivity contribution in [2.45, 2.75) is 6.42 Å². The quantitative estimate of drug-likeness (QED) is 0.816.